The number of carbonyl (C=O) groups excluding carboxylic acids is 8. The van der Waals surface area contributed by atoms with Gasteiger partial charge in [0.25, 0.3) is 5.91 Å². The summed E-state index contributed by atoms with van der Waals surface area (Å²) in [7, 11) is 4.89. The molecule has 9 atom stereocenters. The van der Waals surface area contributed by atoms with Crippen LogP contribution in [0.2, 0.25) is 0 Å². The molecule has 5 unspecified atom stereocenters. The van der Waals surface area contributed by atoms with E-state index in [1.54, 1.807) is 58.3 Å². The molecule has 13 rings (SSSR count). The van der Waals surface area contributed by atoms with Gasteiger partial charge in [0, 0.05) is 80.2 Å². The van der Waals surface area contributed by atoms with Gasteiger partial charge in [-0.1, -0.05) is 80.3 Å². The van der Waals surface area contributed by atoms with Crippen LogP contribution in [0.1, 0.15) is 136 Å². The van der Waals surface area contributed by atoms with Crippen molar-refractivity contribution in [3.05, 3.63) is 149 Å². The number of fused-ring (bicyclic) bond motifs is 6. The highest BCUT2D eigenvalue weighted by molar-refractivity contribution is 6.03. The molecule has 24 heteroatoms. The molecule has 5 fully saturated rings. The molecule has 2 saturated heterocycles. The van der Waals surface area contributed by atoms with Gasteiger partial charge in [-0.3, -0.25) is 43.7 Å². The lowest BCUT2D eigenvalue weighted by Crippen LogP contribution is -2.61. The largest absolute Gasteiger partial charge is 0.497 e. The Morgan fingerprint density at radius 1 is 0.760 bits per heavy atom. The summed E-state index contributed by atoms with van der Waals surface area (Å²) in [6.45, 7) is 6.39. The van der Waals surface area contributed by atoms with E-state index in [2.05, 4.69) is 49.1 Å². The van der Waals surface area contributed by atoms with Gasteiger partial charge in [-0.05, 0) is 160 Å². The molecule has 104 heavy (non-hydrogen) atoms. The molecule has 8 aliphatic rings. The predicted octanol–water partition coefficient (Wildman–Crippen LogP) is 6.96. The second-order valence-corrected chi connectivity index (χ2v) is 29.8. The lowest BCUT2D eigenvalue weighted by Gasteiger charge is -2.48. The van der Waals surface area contributed by atoms with E-state index < -0.39 is 84.4 Å². The zero-order valence-electron chi connectivity index (χ0n) is 59.9. The SMILES string of the molecule is COc1ccc(C2=CN3C(=O)c4cc(OC)c(OCC5(CCCOC6CC7NC(O)[C@@H]8CC9(CC9)CN8C(=O)C7(Cc7ccc(NC(=O)[C@H](C)NC(=O)[C@@H](NC(=O)CNC(=O)CNC(=O)CCC(=O)N8Cc9ccccc9C#Cc9ccccc98)C(C)C)cc7)CC6OC)CC5)cc4NC[C@@H]3C2)cc1. The monoisotopic (exact) mass is 1420 g/mol. The van der Waals surface area contributed by atoms with Crippen LogP contribution in [0.15, 0.2) is 115 Å². The molecule has 1 spiro atoms. The number of amides is 8. The highest BCUT2D eigenvalue weighted by Crippen LogP contribution is 2.58. The molecule has 5 heterocycles. The van der Waals surface area contributed by atoms with E-state index in [1.165, 1.54) is 6.92 Å². The van der Waals surface area contributed by atoms with Crippen LogP contribution in [0.5, 0.6) is 17.2 Å². The quantitative estimate of drug-likeness (QED) is 0.0195. The first-order valence-corrected chi connectivity index (χ1v) is 36.3. The first kappa shape index (κ1) is 72.5. The zero-order valence-corrected chi connectivity index (χ0v) is 59.9. The minimum atomic E-state index is -1.08. The van der Waals surface area contributed by atoms with E-state index in [4.69, 9.17) is 23.7 Å². The van der Waals surface area contributed by atoms with Crippen molar-refractivity contribution in [1.82, 2.24) is 36.4 Å². The van der Waals surface area contributed by atoms with E-state index in [1.807, 2.05) is 107 Å². The van der Waals surface area contributed by atoms with Gasteiger partial charge in [-0.25, -0.2) is 0 Å². The van der Waals surface area contributed by atoms with Crippen molar-refractivity contribution in [2.24, 2.45) is 22.2 Å². The van der Waals surface area contributed by atoms with Crippen molar-refractivity contribution >= 4 is 69.9 Å². The van der Waals surface area contributed by atoms with Crippen LogP contribution < -0.4 is 56.3 Å². The van der Waals surface area contributed by atoms with Gasteiger partial charge in [0.15, 0.2) is 11.5 Å². The van der Waals surface area contributed by atoms with Gasteiger partial charge in [0.2, 0.25) is 41.4 Å². The number of ether oxygens (including phenoxy) is 5. The number of benzene rings is 5. The minimum absolute atomic E-state index is 0.0115. The Kier molecular flexibility index (Phi) is 21.5. The Morgan fingerprint density at radius 2 is 1.49 bits per heavy atom. The maximum atomic E-state index is 15.4. The zero-order chi connectivity index (χ0) is 73.0. The molecule has 8 amide bonds. The second-order valence-electron chi connectivity index (χ2n) is 29.8. The van der Waals surface area contributed by atoms with Gasteiger partial charge in [-0.15, -0.1) is 0 Å². The Morgan fingerprint density at radius 3 is 2.22 bits per heavy atom. The van der Waals surface area contributed by atoms with Crippen LogP contribution >= 0.6 is 0 Å². The number of nitrogens with zero attached hydrogens (tertiary/aromatic N) is 3. The highest BCUT2D eigenvalue weighted by atomic mass is 16.5. The maximum Gasteiger partial charge on any atom is 0.260 e. The molecular formula is C80H94N10O14. The Hall–Kier alpha value is -9.80. The molecule has 24 nitrogen and oxygen atoms in total. The van der Waals surface area contributed by atoms with Crippen LogP contribution in [-0.4, -0.2) is 172 Å². The number of hydrogen-bond donors (Lipinski definition) is 8. The Bertz CT molecular complexity index is 4200. The second kappa shape index (κ2) is 30.9. The molecule has 8 N–H and O–H groups in total. The van der Waals surface area contributed by atoms with Crippen molar-refractivity contribution in [3.63, 3.8) is 0 Å². The van der Waals surface area contributed by atoms with Crippen molar-refractivity contribution < 1.29 is 67.1 Å². The average molecular weight is 1420 g/mol. The minimum Gasteiger partial charge on any atom is -0.497 e. The van der Waals surface area contributed by atoms with Gasteiger partial charge < -0.3 is 75.4 Å². The summed E-state index contributed by atoms with van der Waals surface area (Å²) >= 11 is 0. The lowest BCUT2D eigenvalue weighted by molar-refractivity contribution is -0.158. The number of nitrogens with one attached hydrogen (secondary N) is 7. The normalized spacial score (nSPS) is 23.3. The molecule has 5 aromatic rings. The summed E-state index contributed by atoms with van der Waals surface area (Å²) < 4.78 is 30.8. The summed E-state index contributed by atoms with van der Waals surface area (Å²) in [5, 5.41) is 32.2. The molecular weight excluding hydrogens is 1320 g/mol. The number of para-hydroxylation sites is 1. The first-order valence-electron chi connectivity index (χ1n) is 36.3. The highest BCUT2D eigenvalue weighted by Gasteiger charge is 2.63. The molecule has 5 aromatic carbocycles. The first-order chi connectivity index (χ1) is 50.1. The van der Waals surface area contributed by atoms with Crippen LogP contribution in [0, 0.1) is 34.0 Å². The van der Waals surface area contributed by atoms with Crippen LogP contribution in [-0.2, 0) is 56.0 Å². The average Bonchev–Trinajstić information content (AvgIpc) is 1.54. The molecule has 0 bridgehead atoms. The number of carbonyl (C=O) groups is 8. The van der Waals surface area contributed by atoms with Gasteiger partial charge in [0.1, 0.15) is 24.1 Å². The van der Waals surface area contributed by atoms with E-state index in [0.717, 1.165) is 78.5 Å². The third-order valence-corrected chi connectivity index (χ3v) is 22.3. The van der Waals surface area contributed by atoms with Crippen molar-refractivity contribution in [1.29, 1.82) is 0 Å². The van der Waals surface area contributed by atoms with E-state index >= 15 is 4.79 Å². The number of aliphatic hydroxyl groups is 1. The van der Waals surface area contributed by atoms with E-state index in [-0.39, 0.29) is 66.1 Å². The molecule has 3 saturated carbocycles. The summed E-state index contributed by atoms with van der Waals surface area (Å²) in [6.07, 6.45) is 8.07. The van der Waals surface area contributed by atoms with Crippen molar-refractivity contribution in [2.75, 3.05) is 76.3 Å². The molecule has 548 valence electrons. The fraction of sp³-hybridized carbons (Fsp3) is 0.475. The fourth-order valence-corrected chi connectivity index (χ4v) is 15.8. The van der Waals surface area contributed by atoms with E-state index in [0.29, 0.717) is 91.7 Å². The summed E-state index contributed by atoms with van der Waals surface area (Å²) in [5.74, 6) is 4.34. The predicted molar refractivity (Wildman–Crippen MR) is 389 cm³/mol. The van der Waals surface area contributed by atoms with Crippen molar-refractivity contribution in [3.8, 4) is 29.1 Å². The van der Waals surface area contributed by atoms with Gasteiger partial charge >= 0.3 is 0 Å². The topological polar surface area (TPSA) is 297 Å². The van der Waals surface area contributed by atoms with Crippen molar-refractivity contribution in [2.45, 2.75) is 159 Å². The maximum absolute atomic E-state index is 15.4. The summed E-state index contributed by atoms with van der Waals surface area (Å²) in [6, 6.07) is 30.7. The molecule has 0 aromatic heterocycles. The third-order valence-electron chi connectivity index (χ3n) is 22.3. The number of rotatable bonds is 27. The Labute approximate surface area is 606 Å². The summed E-state index contributed by atoms with van der Waals surface area (Å²) in [4.78, 5) is 115. The molecule has 3 aliphatic carbocycles. The molecule has 5 aliphatic heterocycles. The fourth-order valence-electron chi connectivity index (χ4n) is 15.8. The lowest BCUT2D eigenvalue weighted by atomic mass is 9.64. The van der Waals surface area contributed by atoms with Gasteiger partial charge in [0.05, 0.1) is 87.1 Å². The third kappa shape index (κ3) is 16.0. The van der Waals surface area contributed by atoms with Crippen LogP contribution in [0.3, 0.4) is 0 Å². The number of methoxy groups -OCH3 is 3. The van der Waals surface area contributed by atoms with Crippen LogP contribution in [0.4, 0.5) is 17.1 Å². The number of hydrogen-bond acceptors (Lipinski definition) is 16. The molecule has 0 radical (unpaired) electrons. The van der Waals surface area contributed by atoms with Gasteiger partial charge in [-0.2, -0.15) is 0 Å². The van der Waals surface area contributed by atoms with Crippen LogP contribution in [0.25, 0.3) is 5.57 Å². The smallest absolute Gasteiger partial charge is 0.260 e. The number of anilines is 3. The standard InChI is InChI=1S/C80H94N10O14/c1-48(2)72(87-70(93)43-83-69(92)42-82-68(91)26-27-71(94)89-44-54-14-8-7-12-51(54)18-19-53-13-9-10-15-61(53)89)75(97)84-49(3)73(95)85-56-22-16-50(17-23-56)38-80-40-66(102-6)65(37-67(80)86-74(96)62-39-79(31-32-79)46-90(62)77(80)99)103-33-11-28-78(29-30-78)47-104-64-36-60-59(35-63(64)101-5)76(98)88-45-55(34-57(88)41-81-60)52-20-24-58(100-4)25-21-52/h7-10,12-17,20-25,35-36,45,48-49,57,62,65-67,72,74,81,86,96H,11,26-34,37-44,46-47H2,1-6H3,(H,82,91)(H,83,92)(H,84,97)(H,85,95)(H,87,93)/t49-,57-,62-,65?,66?,67?,72-,74?,80?/m0/s1. The van der Waals surface area contributed by atoms with E-state index in [9.17, 15) is 38.7 Å². The summed E-state index contributed by atoms with van der Waals surface area (Å²) in [5.41, 5.74) is 6.61. The number of aliphatic hydroxyl groups excluding tert-OH is 1. The Balaban J connectivity index is 0.571.